The highest BCUT2D eigenvalue weighted by Crippen LogP contribution is 2.23. The van der Waals surface area contributed by atoms with Crippen LogP contribution in [0.2, 0.25) is 0 Å². The summed E-state index contributed by atoms with van der Waals surface area (Å²) in [5.41, 5.74) is 2.17. The smallest absolute Gasteiger partial charge is 0.324 e. The number of amidine groups is 1. The molecule has 10 nitrogen and oxygen atoms in total. The number of anilines is 1. The van der Waals surface area contributed by atoms with Crippen molar-refractivity contribution in [3.63, 3.8) is 0 Å². The molecule has 1 atom stereocenters. The topological polar surface area (TPSA) is 140 Å². The number of nitrogens with zero attached hydrogens (tertiary/aromatic N) is 2. The molecule has 1 amide bonds. The molecule has 0 heterocycles. The lowest BCUT2D eigenvalue weighted by atomic mass is 10.0. The summed E-state index contributed by atoms with van der Waals surface area (Å²) in [5, 5.41) is 17.1. The van der Waals surface area contributed by atoms with Crippen LogP contribution in [0, 0.1) is 16.0 Å². The lowest BCUT2D eigenvalue weighted by molar-refractivity contribution is -0.384. The van der Waals surface area contributed by atoms with Crippen LogP contribution >= 0.6 is 0 Å². The Morgan fingerprint density at radius 2 is 1.92 bits per heavy atom. The maximum Gasteiger partial charge on any atom is 0.324 e. The van der Waals surface area contributed by atoms with E-state index < -0.39 is 28.5 Å². The van der Waals surface area contributed by atoms with E-state index in [1.54, 1.807) is 6.92 Å². The average molecular weight is 350 g/mol. The summed E-state index contributed by atoms with van der Waals surface area (Å²) in [4.78, 5) is 45.5. The third-order valence-electron chi connectivity index (χ3n) is 2.90. The minimum Gasteiger partial charge on any atom is -0.465 e. The highest BCUT2D eigenvalue weighted by molar-refractivity contribution is 6.20. The van der Waals surface area contributed by atoms with Crippen molar-refractivity contribution in [1.29, 1.82) is 0 Å². The molecule has 0 bridgehead atoms. The van der Waals surface area contributed by atoms with Crippen molar-refractivity contribution < 1.29 is 24.0 Å². The van der Waals surface area contributed by atoms with Gasteiger partial charge in [-0.2, -0.15) is 5.10 Å². The Labute approximate surface area is 143 Å². The van der Waals surface area contributed by atoms with Crippen LogP contribution in [0.3, 0.4) is 0 Å². The first-order valence-corrected chi connectivity index (χ1v) is 7.29. The molecule has 0 fully saturated rings. The number of esters is 1. The predicted octanol–water partition coefficient (Wildman–Crippen LogP) is 1.22. The largest absolute Gasteiger partial charge is 0.465 e. The van der Waals surface area contributed by atoms with Crippen LogP contribution in [-0.4, -0.2) is 35.0 Å². The second-order valence-corrected chi connectivity index (χ2v) is 4.86. The van der Waals surface area contributed by atoms with E-state index >= 15 is 0 Å². The van der Waals surface area contributed by atoms with Gasteiger partial charge in [-0.1, -0.05) is 12.1 Å². The van der Waals surface area contributed by atoms with Gasteiger partial charge in [-0.05, 0) is 19.9 Å². The number of nitrogens with one attached hydrogen (secondary N) is 2. The first-order valence-electron chi connectivity index (χ1n) is 7.29. The Morgan fingerprint density at radius 1 is 1.28 bits per heavy atom. The van der Waals surface area contributed by atoms with E-state index in [0.29, 0.717) is 0 Å². The van der Waals surface area contributed by atoms with Crippen molar-refractivity contribution in [3.05, 3.63) is 34.4 Å². The van der Waals surface area contributed by atoms with Gasteiger partial charge in [0, 0.05) is 13.0 Å². The summed E-state index contributed by atoms with van der Waals surface area (Å²) in [6, 6.07) is 5.65. The van der Waals surface area contributed by atoms with Crippen molar-refractivity contribution >= 4 is 34.9 Å². The van der Waals surface area contributed by atoms with Crippen LogP contribution < -0.4 is 10.7 Å². The number of ether oxygens (including phenoxy) is 1. The van der Waals surface area contributed by atoms with Gasteiger partial charge in [-0.25, -0.2) is 0 Å². The number of ketones is 1. The maximum atomic E-state index is 12.0. The van der Waals surface area contributed by atoms with Crippen LogP contribution in [-0.2, 0) is 19.1 Å². The number of benzene rings is 1. The molecular weight excluding hydrogens is 332 g/mol. The van der Waals surface area contributed by atoms with Gasteiger partial charge in [0.05, 0.1) is 11.5 Å². The summed E-state index contributed by atoms with van der Waals surface area (Å²) in [6.07, 6.45) is 0. The molecule has 0 aliphatic rings. The van der Waals surface area contributed by atoms with E-state index in [1.165, 1.54) is 31.2 Å². The fraction of sp³-hybridized carbons (Fsp3) is 0.333. The van der Waals surface area contributed by atoms with Crippen molar-refractivity contribution in [2.45, 2.75) is 20.8 Å². The normalized spacial score (nSPS) is 12.0. The van der Waals surface area contributed by atoms with E-state index in [9.17, 15) is 24.5 Å². The molecule has 1 rings (SSSR count). The molecule has 10 heteroatoms. The molecule has 1 aromatic carbocycles. The summed E-state index contributed by atoms with van der Waals surface area (Å²) >= 11 is 0. The first kappa shape index (κ1) is 19.7. The zero-order chi connectivity index (χ0) is 19.0. The molecule has 0 aliphatic heterocycles. The second-order valence-electron chi connectivity index (χ2n) is 4.86. The van der Waals surface area contributed by atoms with Gasteiger partial charge >= 0.3 is 5.97 Å². The Bertz CT molecular complexity index is 716. The van der Waals surface area contributed by atoms with Crippen molar-refractivity contribution in [3.8, 4) is 0 Å². The number of carbonyl (C=O) groups is 3. The number of nitro groups is 1. The third kappa shape index (κ3) is 5.68. The van der Waals surface area contributed by atoms with Gasteiger partial charge < -0.3 is 10.1 Å². The Kier molecular flexibility index (Phi) is 7.19. The zero-order valence-electron chi connectivity index (χ0n) is 13.9. The molecule has 0 saturated heterocycles. The molecule has 0 aliphatic carbocycles. The van der Waals surface area contributed by atoms with Crippen LogP contribution in [0.4, 0.5) is 11.4 Å². The minimum atomic E-state index is -1.46. The van der Waals surface area contributed by atoms with Gasteiger partial charge in [0.25, 0.3) is 5.69 Å². The molecule has 1 aromatic rings. The van der Waals surface area contributed by atoms with Gasteiger partial charge in [-0.15, -0.1) is 0 Å². The van der Waals surface area contributed by atoms with Crippen LogP contribution in [0.5, 0.6) is 0 Å². The number of hydrogen-bond donors (Lipinski definition) is 2. The second kappa shape index (κ2) is 9.11. The molecule has 0 radical (unpaired) electrons. The van der Waals surface area contributed by atoms with Crippen LogP contribution in [0.15, 0.2) is 29.4 Å². The zero-order valence-corrected chi connectivity index (χ0v) is 13.9. The number of carbonyl (C=O) groups excluding carboxylic acids is 3. The SMILES string of the molecule is CCOC(=O)C(C(C)=O)/C(=N\Nc1ccccc1[N+](=O)[O-])NC(C)=O. The quantitative estimate of drug-likeness (QED) is 0.188. The number of para-hydroxylation sites is 2. The molecule has 2 N–H and O–H groups in total. The molecule has 0 aromatic heterocycles. The third-order valence-corrected chi connectivity index (χ3v) is 2.90. The maximum absolute atomic E-state index is 12.0. The lowest BCUT2D eigenvalue weighted by Crippen LogP contribution is -2.43. The number of nitro benzene ring substituents is 1. The number of rotatable bonds is 7. The number of hydrazone groups is 1. The van der Waals surface area contributed by atoms with Crippen molar-refractivity contribution in [1.82, 2.24) is 5.32 Å². The fourth-order valence-corrected chi connectivity index (χ4v) is 1.89. The molecule has 134 valence electrons. The van der Waals surface area contributed by atoms with Crippen molar-refractivity contribution in [2.75, 3.05) is 12.0 Å². The van der Waals surface area contributed by atoms with Gasteiger partial charge in [0.2, 0.25) is 5.91 Å². The van der Waals surface area contributed by atoms with Gasteiger partial charge in [0.15, 0.2) is 17.5 Å². The van der Waals surface area contributed by atoms with E-state index in [4.69, 9.17) is 4.74 Å². The minimum absolute atomic E-state index is 0.0292. The summed E-state index contributed by atoms with van der Waals surface area (Å²) in [7, 11) is 0. The average Bonchev–Trinajstić information content (AvgIpc) is 2.52. The lowest BCUT2D eigenvalue weighted by Gasteiger charge is -2.15. The van der Waals surface area contributed by atoms with E-state index in [-0.39, 0.29) is 23.8 Å². The fourth-order valence-electron chi connectivity index (χ4n) is 1.89. The predicted molar refractivity (Wildman–Crippen MR) is 88.8 cm³/mol. The van der Waals surface area contributed by atoms with E-state index in [2.05, 4.69) is 15.8 Å². The number of amides is 1. The monoisotopic (exact) mass is 350 g/mol. The van der Waals surface area contributed by atoms with E-state index in [0.717, 1.165) is 6.92 Å². The first-order chi connectivity index (χ1) is 11.8. The Balaban J connectivity index is 3.23. The van der Waals surface area contributed by atoms with Crippen LogP contribution in [0.25, 0.3) is 0 Å². The van der Waals surface area contributed by atoms with Crippen LogP contribution in [0.1, 0.15) is 20.8 Å². The standard InChI is InChI=1S/C15H18N4O6/c1-4-25-15(22)13(9(2)20)14(16-10(3)21)18-17-11-7-5-6-8-12(11)19(23)24/h5-8,13,17H,4H2,1-3H3,(H,16,18,21). The molecule has 1 unspecified atom stereocenters. The van der Waals surface area contributed by atoms with E-state index in [1.807, 2.05) is 0 Å². The summed E-state index contributed by atoms with van der Waals surface area (Å²) < 4.78 is 4.81. The number of hydrogen-bond acceptors (Lipinski definition) is 8. The number of Topliss-reactive ketones (excluding diaryl/α,β-unsaturated/α-hetero) is 1. The highest BCUT2D eigenvalue weighted by atomic mass is 16.6. The summed E-state index contributed by atoms with van der Waals surface area (Å²) in [5.74, 6) is -3.82. The molecule has 25 heavy (non-hydrogen) atoms. The van der Waals surface area contributed by atoms with Crippen molar-refractivity contribution in [2.24, 2.45) is 11.0 Å². The Hall–Kier alpha value is -3.30. The molecule has 0 spiro atoms. The van der Waals surface area contributed by atoms with Gasteiger partial charge in [0.1, 0.15) is 5.69 Å². The molecule has 0 saturated carbocycles. The summed E-state index contributed by atoms with van der Waals surface area (Å²) in [6.45, 7) is 3.91. The molecular formula is C15H18N4O6. The highest BCUT2D eigenvalue weighted by Gasteiger charge is 2.31. The van der Waals surface area contributed by atoms with Gasteiger partial charge in [-0.3, -0.25) is 29.9 Å². The Morgan fingerprint density at radius 3 is 2.44 bits per heavy atom.